The molecule has 2 unspecified atom stereocenters. The smallest absolute Gasteiger partial charge is 0.309 e. The number of carboxylic acids is 1. The van der Waals surface area contributed by atoms with Crippen LogP contribution in [0.1, 0.15) is 25.8 Å². The number of hydrogen-bond donors (Lipinski definition) is 2. The van der Waals surface area contributed by atoms with Crippen LogP contribution < -0.4 is 0 Å². The van der Waals surface area contributed by atoms with Crippen molar-refractivity contribution in [3.63, 3.8) is 0 Å². The molecule has 0 aliphatic heterocycles. The van der Waals surface area contributed by atoms with E-state index in [1.165, 1.54) is 25.1 Å². The Morgan fingerprint density at radius 3 is 2.65 bits per heavy atom. The minimum Gasteiger partial charge on any atom is -0.481 e. The fourth-order valence-electron chi connectivity index (χ4n) is 1.89. The molecule has 0 saturated carbocycles. The van der Waals surface area contributed by atoms with Gasteiger partial charge in [0.05, 0.1) is 5.92 Å². The number of halogens is 2. The molecule has 0 saturated heterocycles. The zero-order chi connectivity index (χ0) is 13.2. The van der Waals surface area contributed by atoms with Gasteiger partial charge < -0.3 is 10.2 Å². The van der Waals surface area contributed by atoms with E-state index in [2.05, 4.69) is 15.9 Å². The van der Waals surface area contributed by atoms with Gasteiger partial charge in [0.1, 0.15) is 11.4 Å². The Kier molecular flexibility index (Phi) is 4.27. The summed E-state index contributed by atoms with van der Waals surface area (Å²) in [5, 5.41) is 19.3. The molecule has 1 aromatic rings. The molecule has 0 aromatic heterocycles. The van der Waals surface area contributed by atoms with Gasteiger partial charge in [-0.1, -0.05) is 22.9 Å². The van der Waals surface area contributed by atoms with E-state index in [0.717, 1.165) is 0 Å². The molecular weight excluding hydrogens is 291 g/mol. The molecule has 0 spiro atoms. The highest BCUT2D eigenvalue weighted by Crippen LogP contribution is 2.34. The van der Waals surface area contributed by atoms with Crippen molar-refractivity contribution in [1.29, 1.82) is 0 Å². The van der Waals surface area contributed by atoms with Gasteiger partial charge in [0.15, 0.2) is 0 Å². The predicted octanol–water partition coefficient (Wildman–Crippen LogP) is 2.91. The largest absolute Gasteiger partial charge is 0.481 e. The first-order valence-electron chi connectivity index (χ1n) is 5.21. The number of aliphatic carboxylic acids is 1. The maximum atomic E-state index is 13.7. The SMILES string of the molecule is CCC(C(=O)O)C(C)(O)c1cc(Br)ccc1F. The van der Waals surface area contributed by atoms with E-state index >= 15 is 0 Å². The topological polar surface area (TPSA) is 57.5 Å². The van der Waals surface area contributed by atoms with Crippen molar-refractivity contribution in [2.24, 2.45) is 5.92 Å². The van der Waals surface area contributed by atoms with Crippen LogP contribution in [-0.2, 0) is 10.4 Å². The van der Waals surface area contributed by atoms with Crippen LogP contribution >= 0.6 is 15.9 Å². The predicted molar refractivity (Wildman–Crippen MR) is 65.1 cm³/mol. The molecule has 2 atom stereocenters. The third kappa shape index (κ3) is 2.84. The lowest BCUT2D eigenvalue weighted by molar-refractivity contribution is -0.152. The Morgan fingerprint density at radius 2 is 2.18 bits per heavy atom. The molecule has 3 nitrogen and oxygen atoms in total. The molecule has 1 rings (SSSR count). The second kappa shape index (κ2) is 5.14. The summed E-state index contributed by atoms with van der Waals surface area (Å²) in [6.07, 6.45) is 0.217. The normalized spacial score (nSPS) is 16.3. The summed E-state index contributed by atoms with van der Waals surface area (Å²) in [5.74, 6) is -2.80. The second-order valence-corrected chi connectivity index (χ2v) is 4.99. The molecular formula is C12H14BrFO3. The molecule has 0 radical (unpaired) electrons. The van der Waals surface area contributed by atoms with Gasteiger partial charge in [0.2, 0.25) is 0 Å². The van der Waals surface area contributed by atoms with Gasteiger partial charge in [0, 0.05) is 10.0 Å². The van der Waals surface area contributed by atoms with E-state index in [9.17, 15) is 14.3 Å². The van der Waals surface area contributed by atoms with Crippen molar-refractivity contribution in [3.05, 3.63) is 34.1 Å². The lowest BCUT2D eigenvalue weighted by Gasteiger charge is -2.30. The molecule has 0 aliphatic carbocycles. The number of benzene rings is 1. The minimum atomic E-state index is -1.74. The molecule has 0 amide bonds. The zero-order valence-electron chi connectivity index (χ0n) is 9.58. The van der Waals surface area contributed by atoms with E-state index < -0.39 is 23.3 Å². The quantitative estimate of drug-likeness (QED) is 0.899. The second-order valence-electron chi connectivity index (χ2n) is 4.07. The van der Waals surface area contributed by atoms with Gasteiger partial charge in [-0.3, -0.25) is 4.79 Å². The third-order valence-electron chi connectivity index (χ3n) is 2.86. The summed E-state index contributed by atoms with van der Waals surface area (Å²) < 4.78 is 14.2. The van der Waals surface area contributed by atoms with Crippen LogP contribution in [0, 0.1) is 11.7 Å². The average Bonchev–Trinajstić information content (AvgIpc) is 2.21. The van der Waals surface area contributed by atoms with Gasteiger partial charge in [0.25, 0.3) is 0 Å². The number of carboxylic acid groups (broad SMARTS) is 1. The van der Waals surface area contributed by atoms with E-state index in [4.69, 9.17) is 5.11 Å². The van der Waals surface area contributed by atoms with Crippen molar-refractivity contribution in [1.82, 2.24) is 0 Å². The number of aliphatic hydroxyl groups is 1. The molecule has 17 heavy (non-hydrogen) atoms. The lowest BCUT2D eigenvalue weighted by Crippen LogP contribution is -2.37. The molecule has 1 aromatic carbocycles. The highest BCUT2D eigenvalue weighted by Gasteiger charge is 2.39. The van der Waals surface area contributed by atoms with Crippen molar-refractivity contribution in [2.45, 2.75) is 25.9 Å². The van der Waals surface area contributed by atoms with E-state index in [1.54, 1.807) is 6.92 Å². The Hall–Kier alpha value is -0.940. The third-order valence-corrected chi connectivity index (χ3v) is 3.35. The van der Waals surface area contributed by atoms with Gasteiger partial charge in [-0.2, -0.15) is 0 Å². The van der Waals surface area contributed by atoms with Crippen LogP contribution in [0.5, 0.6) is 0 Å². The number of rotatable bonds is 4. The van der Waals surface area contributed by atoms with Crippen molar-refractivity contribution in [3.8, 4) is 0 Å². The van der Waals surface area contributed by atoms with Gasteiger partial charge >= 0.3 is 5.97 Å². The van der Waals surface area contributed by atoms with Crippen LogP contribution in [0.15, 0.2) is 22.7 Å². The molecule has 94 valence electrons. The first kappa shape index (κ1) is 14.1. The van der Waals surface area contributed by atoms with Crippen LogP contribution in [0.2, 0.25) is 0 Å². The van der Waals surface area contributed by atoms with Gasteiger partial charge in [-0.15, -0.1) is 0 Å². The number of carbonyl (C=O) groups is 1. The van der Waals surface area contributed by atoms with Crippen LogP contribution in [0.3, 0.4) is 0 Å². The van der Waals surface area contributed by atoms with Crippen molar-refractivity contribution >= 4 is 21.9 Å². The summed E-state index contributed by atoms with van der Waals surface area (Å²) in [4.78, 5) is 11.1. The summed E-state index contributed by atoms with van der Waals surface area (Å²) in [5.41, 5.74) is -1.75. The van der Waals surface area contributed by atoms with E-state index in [-0.39, 0.29) is 12.0 Å². The number of hydrogen-bond acceptors (Lipinski definition) is 2. The van der Waals surface area contributed by atoms with Crippen LogP contribution in [0.4, 0.5) is 4.39 Å². The first-order chi connectivity index (χ1) is 7.80. The molecule has 0 heterocycles. The van der Waals surface area contributed by atoms with E-state index in [1.807, 2.05) is 0 Å². The fraction of sp³-hybridized carbons (Fsp3) is 0.417. The van der Waals surface area contributed by atoms with Crippen LogP contribution in [-0.4, -0.2) is 16.2 Å². The summed E-state index contributed by atoms with van der Waals surface area (Å²) >= 11 is 3.17. The Balaban J connectivity index is 3.28. The molecule has 0 fully saturated rings. The summed E-state index contributed by atoms with van der Waals surface area (Å²) in [7, 11) is 0. The molecule has 5 heteroatoms. The first-order valence-corrected chi connectivity index (χ1v) is 6.00. The summed E-state index contributed by atoms with van der Waals surface area (Å²) in [6, 6.07) is 4.10. The van der Waals surface area contributed by atoms with Gasteiger partial charge in [-0.25, -0.2) is 4.39 Å². The highest BCUT2D eigenvalue weighted by atomic mass is 79.9. The lowest BCUT2D eigenvalue weighted by atomic mass is 9.81. The standard InChI is InChI=1S/C12H14BrFO3/c1-3-8(11(15)16)12(2,17)9-6-7(13)4-5-10(9)14/h4-6,8,17H,3H2,1-2H3,(H,15,16). The maximum absolute atomic E-state index is 13.7. The monoisotopic (exact) mass is 304 g/mol. The van der Waals surface area contributed by atoms with Gasteiger partial charge in [-0.05, 0) is 31.5 Å². The van der Waals surface area contributed by atoms with Crippen molar-refractivity contribution < 1.29 is 19.4 Å². The van der Waals surface area contributed by atoms with Crippen LogP contribution in [0.25, 0.3) is 0 Å². The molecule has 2 N–H and O–H groups in total. The maximum Gasteiger partial charge on any atom is 0.309 e. The molecule has 0 aliphatic rings. The van der Waals surface area contributed by atoms with Crippen molar-refractivity contribution in [2.75, 3.05) is 0 Å². The zero-order valence-corrected chi connectivity index (χ0v) is 11.2. The average molecular weight is 305 g/mol. The Bertz CT molecular complexity index is 432. The fourth-order valence-corrected chi connectivity index (χ4v) is 2.25. The Labute approximate surface area is 107 Å². The summed E-state index contributed by atoms with van der Waals surface area (Å²) in [6.45, 7) is 2.96. The minimum absolute atomic E-state index is 0.0128. The Morgan fingerprint density at radius 1 is 1.59 bits per heavy atom. The highest BCUT2D eigenvalue weighted by molar-refractivity contribution is 9.10. The molecule has 0 bridgehead atoms. The van der Waals surface area contributed by atoms with E-state index in [0.29, 0.717) is 4.47 Å².